The monoisotopic (exact) mass is 574 g/mol. The van der Waals surface area contributed by atoms with Gasteiger partial charge in [-0.3, -0.25) is 9.79 Å². The van der Waals surface area contributed by atoms with E-state index in [1.807, 2.05) is 48.3 Å². The second-order valence-electron chi connectivity index (χ2n) is 9.83. The van der Waals surface area contributed by atoms with Crippen molar-refractivity contribution in [2.24, 2.45) is 15.1 Å². The number of amides is 1. The molecule has 1 fully saturated rings. The number of ether oxygens (including phenoxy) is 1. The Morgan fingerprint density at radius 1 is 1.02 bits per heavy atom. The molecule has 0 aromatic heterocycles. The molecule has 3 aromatic carbocycles. The van der Waals surface area contributed by atoms with Crippen LogP contribution in [0.3, 0.4) is 0 Å². The fourth-order valence-corrected chi connectivity index (χ4v) is 5.10. The number of nitrogens with zero attached hydrogens (tertiary/aromatic N) is 6. The number of fused-ring (bicyclic) bond motifs is 1. The number of carbonyl (C=O) groups is 1. The minimum absolute atomic E-state index is 0.0978. The van der Waals surface area contributed by atoms with E-state index in [1.54, 1.807) is 30.7 Å². The molecule has 1 amide bonds. The molecule has 3 heterocycles. The van der Waals surface area contributed by atoms with E-state index in [1.165, 1.54) is 12.1 Å². The molecule has 1 saturated heterocycles. The van der Waals surface area contributed by atoms with E-state index in [9.17, 15) is 18.0 Å². The third-order valence-corrected chi connectivity index (χ3v) is 7.20. The zero-order valence-electron chi connectivity index (χ0n) is 22.6. The van der Waals surface area contributed by atoms with Gasteiger partial charge in [-0.05, 0) is 48.4 Å². The highest BCUT2D eigenvalue weighted by atomic mass is 19.4. The van der Waals surface area contributed by atoms with Crippen LogP contribution < -0.4 is 14.9 Å². The molecule has 0 radical (unpaired) electrons. The maximum absolute atomic E-state index is 13.2. The van der Waals surface area contributed by atoms with Crippen molar-refractivity contribution in [1.29, 1.82) is 0 Å². The molecular weight excluding hydrogens is 547 g/mol. The zero-order chi connectivity index (χ0) is 29.3. The first-order valence-corrected chi connectivity index (χ1v) is 13.3. The first-order valence-electron chi connectivity index (χ1n) is 13.3. The number of carbonyl (C=O) groups excluding carboxylic acids is 1. The Morgan fingerprint density at radius 3 is 2.55 bits per heavy atom. The van der Waals surface area contributed by atoms with E-state index in [0.717, 1.165) is 17.8 Å². The summed E-state index contributed by atoms with van der Waals surface area (Å²) in [7, 11) is 0. The number of quaternary nitrogens is 1. The number of hydrogen-bond acceptors (Lipinski definition) is 7. The van der Waals surface area contributed by atoms with Gasteiger partial charge in [0, 0.05) is 36.0 Å². The lowest BCUT2D eigenvalue weighted by Gasteiger charge is -2.36. The van der Waals surface area contributed by atoms with Gasteiger partial charge in [0.1, 0.15) is 6.21 Å². The quantitative estimate of drug-likeness (QED) is 0.405. The highest BCUT2D eigenvalue weighted by molar-refractivity contribution is 6.38. The van der Waals surface area contributed by atoms with Crippen LogP contribution in [0.15, 0.2) is 100 Å². The summed E-state index contributed by atoms with van der Waals surface area (Å²) in [4.78, 5) is 22.2. The number of aliphatic imine (C=N–C) groups is 2. The van der Waals surface area contributed by atoms with Gasteiger partial charge in [0.25, 0.3) is 11.7 Å². The number of amidine groups is 1. The van der Waals surface area contributed by atoms with Crippen molar-refractivity contribution < 1.29 is 22.7 Å². The lowest BCUT2D eigenvalue weighted by molar-refractivity contribution is -0.137. The lowest BCUT2D eigenvalue weighted by atomic mass is 10.1. The predicted molar refractivity (Wildman–Crippen MR) is 156 cm³/mol. The van der Waals surface area contributed by atoms with Crippen LogP contribution in [0.25, 0.3) is 0 Å². The van der Waals surface area contributed by atoms with Gasteiger partial charge in [0.2, 0.25) is 0 Å². The first-order chi connectivity index (χ1) is 20.3. The highest BCUT2D eigenvalue weighted by Gasteiger charge is 2.46. The van der Waals surface area contributed by atoms with Gasteiger partial charge < -0.3 is 10.1 Å². The Morgan fingerprint density at radius 2 is 1.79 bits per heavy atom. The van der Waals surface area contributed by atoms with Crippen LogP contribution in [0.5, 0.6) is 0 Å². The fraction of sp³-hybridized carbons (Fsp3) is 0.200. The molecule has 12 heteroatoms. The van der Waals surface area contributed by atoms with Crippen molar-refractivity contribution in [3.63, 3.8) is 0 Å². The molecule has 9 nitrogen and oxygen atoms in total. The summed E-state index contributed by atoms with van der Waals surface area (Å²) in [5.41, 5.74) is 1.71. The summed E-state index contributed by atoms with van der Waals surface area (Å²) in [6.07, 6.45) is 0.530. The average molecular weight is 575 g/mol. The van der Waals surface area contributed by atoms with Crippen LogP contribution in [0, 0.1) is 6.92 Å². The van der Waals surface area contributed by atoms with E-state index in [0.29, 0.717) is 55.0 Å². The van der Waals surface area contributed by atoms with Crippen LogP contribution in [0.1, 0.15) is 21.5 Å². The number of guanidine groups is 1. The Kier molecular flexibility index (Phi) is 7.19. The zero-order valence-corrected chi connectivity index (χ0v) is 22.6. The van der Waals surface area contributed by atoms with Gasteiger partial charge in [-0.1, -0.05) is 34.9 Å². The first kappa shape index (κ1) is 27.5. The molecule has 214 valence electrons. The predicted octanol–water partition coefficient (Wildman–Crippen LogP) is 5.57. The van der Waals surface area contributed by atoms with E-state index in [2.05, 4.69) is 15.3 Å². The number of para-hydroxylation sites is 1. The lowest BCUT2D eigenvalue weighted by Crippen LogP contribution is -2.51. The van der Waals surface area contributed by atoms with E-state index < -0.39 is 17.6 Å². The standard InChI is InChI=1S/C30H26F3N7O2/c1-21-25(35-28(41)22-7-5-8-23(19-22)30(31,32)33)11-6-12-26(21)40-16-13-34-20-27(40)36-29(37-40)39(24-9-3-2-4-10-24)38-14-17-42-18-15-38/h2-13,16,19-20H,14-15,17-18H2,1H3/p+1. The van der Waals surface area contributed by atoms with Gasteiger partial charge in [0.05, 0.1) is 30.7 Å². The maximum Gasteiger partial charge on any atom is 0.416 e. The molecule has 3 aliphatic heterocycles. The summed E-state index contributed by atoms with van der Waals surface area (Å²) in [5.74, 6) is 0.347. The number of hydrazine groups is 1. The topological polar surface area (TPSA) is 81.9 Å². The fourth-order valence-electron chi connectivity index (χ4n) is 5.10. The van der Waals surface area contributed by atoms with Gasteiger partial charge >= 0.3 is 12.1 Å². The second-order valence-corrected chi connectivity index (χ2v) is 9.83. The minimum atomic E-state index is -4.56. The van der Waals surface area contributed by atoms with Crippen molar-refractivity contribution in [1.82, 2.24) is 9.60 Å². The molecule has 42 heavy (non-hydrogen) atoms. The number of alkyl halides is 3. The molecule has 6 rings (SSSR count). The van der Waals surface area contributed by atoms with Crippen molar-refractivity contribution in [2.75, 3.05) is 36.6 Å². The summed E-state index contributed by atoms with van der Waals surface area (Å²) in [5, 5.41) is 12.0. The maximum atomic E-state index is 13.2. The van der Waals surface area contributed by atoms with Crippen LogP contribution in [-0.4, -0.2) is 55.2 Å². The number of rotatable bonds is 5. The normalized spacial score (nSPS) is 20.1. The van der Waals surface area contributed by atoms with Crippen molar-refractivity contribution in [2.45, 2.75) is 13.1 Å². The van der Waals surface area contributed by atoms with Crippen LogP contribution >= 0.6 is 0 Å². The Balaban J connectivity index is 1.38. The van der Waals surface area contributed by atoms with E-state index >= 15 is 0 Å². The van der Waals surface area contributed by atoms with Gasteiger partial charge in [-0.15, -0.1) is 4.99 Å². The van der Waals surface area contributed by atoms with Crippen LogP contribution in [-0.2, 0) is 10.9 Å². The minimum Gasteiger partial charge on any atom is -0.379 e. The molecule has 1 N–H and O–H groups in total. The Hall–Kier alpha value is -4.65. The number of benzene rings is 3. The number of halogens is 3. The van der Waals surface area contributed by atoms with Crippen molar-refractivity contribution in [3.8, 4) is 0 Å². The number of anilines is 2. The molecule has 3 aliphatic rings. The van der Waals surface area contributed by atoms with Crippen molar-refractivity contribution >= 4 is 41.0 Å². The summed E-state index contributed by atoms with van der Waals surface area (Å²) in [6.45, 7) is 4.27. The summed E-state index contributed by atoms with van der Waals surface area (Å²) >= 11 is 0. The molecule has 3 aromatic rings. The molecular formula is C30H27F3N7O2+. The Bertz CT molecular complexity index is 1630. The average Bonchev–Trinajstić information content (AvgIpc) is 3.39. The second kappa shape index (κ2) is 11.0. The molecule has 0 spiro atoms. The van der Waals surface area contributed by atoms with Gasteiger partial charge in [-0.2, -0.15) is 13.2 Å². The molecule has 0 bridgehead atoms. The molecule has 0 aliphatic carbocycles. The number of nitrogens with one attached hydrogen (secondary N) is 1. The summed E-state index contributed by atoms with van der Waals surface area (Å²) in [6, 6.07) is 19.5. The largest absolute Gasteiger partial charge is 0.416 e. The van der Waals surface area contributed by atoms with E-state index in [-0.39, 0.29) is 10.2 Å². The third kappa shape index (κ3) is 5.11. The molecule has 1 unspecified atom stereocenters. The Labute approximate surface area is 240 Å². The van der Waals surface area contributed by atoms with Crippen molar-refractivity contribution in [3.05, 3.63) is 102 Å². The number of hydrogen-bond donors (Lipinski definition) is 1. The third-order valence-electron chi connectivity index (χ3n) is 7.20. The van der Waals surface area contributed by atoms with Gasteiger partial charge in [0.15, 0.2) is 11.9 Å². The SMILES string of the molecule is Cc1c(NC(=O)c2cccc(C(F)(F)F)c2)cccc1[N+]12C=CN=CC1=NC(N(c1ccccc1)N1CCOCC1)=N2. The van der Waals surface area contributed by atoms with Gasteiger partial charge in [-0.25, -0.2) is 10.0 Å². The number of morpholine rings is 1. The van der Waals surface area contributed by atoms with Crippen LogP contribution in [0.4, 0.5) is 30.2 Å². The van der Waals surface area contributed by atoms with Crippen LogP contribution in [0.2, 0.25) is 0 Å². The smallest absolute Gasteiger partial charge is 0.379 e. The molecule has 0 saturated carbocycles. The molecule has 1 atom stereocenters. The van der Waals surface area contributed by atoms with E-state index in [4.69, 9.17) is 14.8 Å². The summed E-state index contributed by atoms with van der Waals surface area (Å²) < 4.78 is 45.1. The highest BCUT2D eigenvalue weighted by Crippen LogP contribution is 2.38.